The van der Waals surface area contributed by atoms with Gasteiger partial charge in [0.15, 0.2) is 0 Å². The minimum absolute atomic E-state index is 0.800. The van der Waals surface area contributed by atoms with Crippen LogP contribution in [-0.2, 0) is 0 Å². The van der Waals surface area contributed by atoms with Crippen molar-refractivity contribution >= 4 is 111 Å². The van der Waals surface area contributed by atoms with Crippen LogP contribution in [0.1, 0.15) is 0 Å². The second-order valence-corrected chi connectivity index (χ2v) is 17.3. The summed E-state index contributed by atoms with van der Waals surface area (Å²) in [6.07, 6.45) is 0. The van der Waals surface area contributed by atoms with E-state index in [0.29, 0.717) is 0 Å². The lowest BCUT2D eigenvalue weighted by Gasteiger charge is -2.26. The van der Waals surface area contributed by atoms with Gasteiger partial charge in [0.1, 0.15) is 16.7 Å². The van der Waals surface area contributed by atoms with Crippen LogP contribution in [0, 0.1) is 0 Å². The van der Waals surface area contributed by atoms with Crippen molar-refractivity contribution in [2.75, 3.05) is 9.80 Å². The summed E-state index contributed by atoms with van der Waals surface area (Å²) in [6.45, 7) is 0. The molecule has 14 rings (SSSR count). The largest absolute Gasteiger partial charge is 0.456 e. The minimum atomic E-state index is 0.800. The number of para-hydroxylation sites is 6. The third-order valence-corrected chi connectivity index (χ3v) is 13.5. The summed E-state index contributed by atoms with van der Waals surface area (Å²) in [7, 11) is 0. The molecule has 0 saturated heterocycles. The summed E-state index contributed by atoms with van der Waals surface area (Å²) in [6, 6.07) is 86.1. The zero-order valence-corrected chi connectivity index (χ0v) is 36.7. The van der Waals surface area contributed by atoms with Crippen LogP contribution < -0.4 is 9.80 Å². The first-order chi connectivity index (χ1) is 33.7. The van der Waals surface area contributed by atoms with Gasteiger partial charge in [0.25, 0.3) is 0 Å². The van der Waals surface area contributed by atoms with Crippen LogP contribution >= 0.6 is 0 Å². The van der Waals surface area contributed by atoms with Crippen LogP contribution in [0.15, 0.2) is 251 Å². The molecule has 0 saturated carbocycles. The number of hydrogen-bond acceptors (Lipinski definition) is 4. The van der Waals surface area contributed by atoms with Crippen molar-refractivity contribution < 1.29 is 8.83 Å². The number of nitrogens with zero attached hydrogens (tertiary/aromatic N) is 4. The number of benzene rings is 10. The average Bonchev–Trinajstić information content (AvgIpc) is 4.14. The van der Waals surface area contributed by atoms with Gasteiger partial charge in [-0.3, -0.25) is 4.57 Å². The highest BCUT2D eigenvalue weighted by Crippen LogP contribution is 2.46. The molecule has 68 heavy (non-hydrogen) atoms. The summed E-state index contributed by atoms with van der Waals surface area (Å²) in [5.41, 5.74) is 15.2. The molecular weight excluding hydrogens is 833 g/mol. The Hall–Kier alpha value is -9.26. The Labute approximate surface area is 390 Å². The van der Waals surface area contributed by atoms with Gasteiger partial charge in [-0.15, -0.1) is 0 Å². The summed E-state index contributed by atoms with van der Waals surface area (Å²) < 4.78 is 17.9. The fourth-order valence-corrected chi connectivity index (χ4v) is 10.5. The maximum absolute atomic E-state index is 6.99. The van der Waals surface area contributed by atoms with Gasteiger partial charge in [0.05, 0.1) is 21.9 Å². The van der Waals surface area contributed by atoms with E-state index in [2.05, 4.69) is 249 Å². The molecule has 0 aliphatic heterocycles. The normalized spacial score (nSPS) is 11.8. The average molecular weight is 873 g/mol. The monoisotopic (exact) mass is 872 g/mol. The number of rotatable bonds is 8. The van der Waals surface area contributed by atoms with Gasteiger partial charge >= 0.3 is 0 Å². The van der Waals surface area contributed by atoms with E-state index in [1.807, 2.05) is 12.1 Å². The molecule has 4 heterocycles. The molecule has 0 radical (unpaired) electrons. The van der Waals surface area contributed by atoms with Crippen molar-refractivity contribution in [2.45, 2.75) is 0 Å². The maximum Gasteiger partial charge on any atom is 0.213 e. The lowest BCUT2D eigenvalue weighted by molar-refractivity contribution is 0.645. The molecular formula is C62H40N4O2. The van der Waals surface area contributed by atoms with E-state index in [1.54, 1.807) is 0 Å². The van der Waals surface area contributed by atoms with Crippen molar-refractivity contribution in [3.63, 3.8) is 0 Å². The molecule has 0 amide bonds. The van der Waals surface area contributed by atoms with E-state index in [4.69, 9.17) is 8.83 Å². The topological polar surface area (TPSA) is 42.6 Å². The number of hydrogen-bond donors (Lipinski definition) is 0. The van der Waals surface area contributed by atoms with Gasteiger partial charge in [0, 0.05) is 77.8 Å². The Kier molecular flexibility index (Phi) is 8.48. The maximum atomic E-state index is 6.99. The standard InChI is InChI=1S/C62H40N4O2/c1-5-17-41(18-6-1)63(45-30-34-56-52(37-45)49-25-13-15-27-55(49)65(56)43-21-9-3-10-22-43)47-32-36-60-54(39-47)61-51-33-29-48(40-57(51)66(62(61)68-60)44-23-11-4-12-24-44)64(42-19-7-2-8-20-42)46-31-35-59-53(38-46)50-26-14-16-28-58(50)67-59/h1-40H. The van der Waals surface area contributed by atoms with Crippen LogP contribution in [-0.4, -0.2) is 9.13 Å². The van der Waals surface area contributed by atoms with E-state index >= 15 is 0 Å². The second kappa shape index (κ2) is 15.2. The highest BCUT2D eigenvalue weighted by Gasteiger charge is 2.24. The van der Waals surface area contributed by atoms with Crippen molar-refractivity contribution in [3.05, 3.63) is 243 Å². The van der Waals surface area contributed by atoms with E-state index in [-0.39, 0.29) is 0 Å². The molecule has 0 fully saturated rings. The molecule has 0 spiro atoms. The predicted molar refractivity (Wildman–Crippen MR) is 282 cm³/mol. The van der Waals surface area contributed by atoms with Crippen LogP contribution in [0.5, 0.6) is 0 Å². The minimum Gasteiger partial charge on any atom is -0.456 e. The van der Waals surface area contributed by atoms with Crippen LogP contribution in [0.3, 0.4) is 0 Å². The van der Waals surface area contributed by atoms with Crippen molar-refractivity contribution in [2.24, 2.45) is 0 Å². The molecule has 4 aromatic heterocycles. The molecule has 0 unspecified atom stereocenters. The molecule has 0 atom stereocenters. The number of anilines is 6. The van der Waals surface area contributed by atoms with Gasteiger partial charge in [-0.2, -0.15) is 0 Å². The lowest BCUT2D eigenvalue weighted by atomic mass is 10.1. The van der Waals surface area contributed by atoms with E-state index in [0.717, 1.165) is 106 Å². The van der Waals surface area contributed by atoms with Crippen molar-refractivity contribution in [1.29, 1.82) is 0 Å². The van der Waals surface area contributed by atoms with Crippen LogP contribution in [0.4, 0.5) is 34.1 Å². The summed E-state index contributed by atoms with van der Waals surface area (Å²) in [5, 5.41) is 7.80. The molecule has 10 aromatic carbocycles. The first kappa shape index (κ1) is 38.1. The lowest BCUT2D eigenvalue weighted by Crippen LogP contribution is -2.10. The molecule has 0 N–H and O–H groups in total. The SMILES string of the molecule is c1ccc(N(c2ccc3oc4c(c3c2)c2ccc(N(c3ccccc3)c3ccc5oc6ccccc6c5c3)cc2n4-c2ccccc2)c2ccc3c(c2)c2ccccc2n3-c2ccccc2)cc1. The molecule has 320 valence electrons. The molecule has 6 heteroatoms. The Morgan fingerprint density at radius 2 is 0.735 bits per heavy atom. The van der Waals surface area contributed by atoms with Gasteiger partial charge in [-0.25, -0.2) is 0 Å². The summed E-state index contributed by atoms with van der Waals surface area (Å²) in [5.74, 6) is 0. The molecule has 0 aliphatic carbocycles. The molecule has 14 aromatic rings. The zero-order chi connectivity index (χ0) is 44.7. The fourth-order valence-electron chi connectivity index (χ4n) is 10.5. The highest BCUT2D eigenvalue weighted by molar-refractivity contribution is 6.21. The summed E-state index contributed by atoms with van der Waals surface area (Å²) in [4.78, 5) is 4.69. The quantitative estimate of drug-likeness (QED) is 0.153. The predicted octanol–water partition coefficient (Wildman–Crippen LogP) is 17.5. The molecule has 6 nitrogen and oxygen atoms in total. The Bertz CT molecular complexity index is 4210. The van der Waals surface area contributed by atoms with Crippen LogP contribution in [0.25, 0.3) is 88.1 Å². The smallest absolute Gasteiger partial charge is 0.213 e. The Morgan fingerprint density at radius 3 is 1.41 bits per heavy atom. The van der Waals surface area contributed by atoms with E-state index in [9.17, 15) is 0 Å². The third kappa shape index (κ3) is 5.91. The number of furan rings is 2. The van der Waals surface area contributed by atoms with Crippen LogP contribution in [0.2, 0.25) is 0 Å². The number of aromatic nitrogens is 2. The first-order valence-electron chi connectivity index (χ1n) is 23.0. The van der Waals surface area contributed by atoms with Crippen molar-refractivity contribution in [3.8, 4) is 11.4 Å². The molecule has 0 bridgehead atoms. The van der Waals surface area contributed by atoms with Gasteiger partial charge in [-0.1, -0.05) is 109 Å². The highest BCUT2D eigenvalue weighted by atomic mass is 16.3. The summed E-state index contributed by atoms with van der Waals surface area (Å²) >= 11 is 0. The van der Waals surface area contributed by atoms with E-state index in [1.165, 1.54) is 16.3 Å². The van der Waals surface area contributed by atoms with Gasteiger partial charge in [0.2, 0.25) is 5.71 Å². The van der Waals surface area contributed by atoms with Gasteiger partial charge < -0.3 is 23.2 Å². The fraction of sp³-hybridized carbons (Fsp3) is 0. The molecule has 0 aliphatic rings. The van der Waals surface area contributed by atoms with Gasteiger partial charge in [-0.05, 0) is 133 Å². The van der Waals surface area contributed by atoms with E-state index < -0.39 is 0 Å². The number of fused-ring (bicyclic) bond motifs is 11. The Balaban J connectivity index is 0.971. The third-order valence-electron chi connectivity index (χ3n) is 13.5. The zero-order valence-electron chi connectivity index (χ0n) is 36.7. The Morgan fingerprint density at radius 1 is 0.265 bits per heavy atom. The van der Waals surface area contributed by atoms with Crippen molar-refractivity contribution in [1.82, 2.24) is 9.13 Å². The second-order valence-electron chi connectivity index (χ2n) is 17.3. The first-order valence-corrected chi connectivity index (χ1v) is 23.0.